The Morgan fingerprint density at radius 2 is 1.70 bits per heavy atom. The highest BCUT2D eigenvalue weighted by Gasteiger charge is 2.24. The van der Waals surface area contributed by atoms with E-state index in [0.717, 1.165) is 24.2 Å². The molecule has 2 saturated heterocycles. The van der Waals surface area contributed by atoms with Gasteiger partial charge < -0.3 is 9.42 Å². The zero-order valence-corrected chi connectivity index (χ0v) is 20.4. The van der Waals surface area contributed by atoms with Gasteiger partial charge in [-0.3, -0.25) is 9.69 Å². The molecule has 0 atom stereocenters. The molecular weight excluding hydrogens is 452 g/mol. The lowest BCUT2D eigenvalue weighted by atomic mass is 10.1. The number of hydrogen-bond donors (Lipinski definition) is 0. The van der Waals surface area contributed by atoms with Gasteiger partial charge in [-0.2, -0.15) is 4.98 Å². The summed E-state index contributed by atoms with van der Waals surface area (Å²) in [6.07, 6.45) is 1.29. The minimum Gasteiger partial charge on any atom is -0.338 e. The summed E-state index contributed by atoms with van der Waals surface area (Å²) >= 11 is 4.01. The number of benzene rings is 2. The Bertz CT molecular complexity index is 1070. The average Bonchev–Trinajstić information content (AvgIpc) is 3.33. The Morgan fingerprint density at radius 1 is 1.00 bits per heavy atom. The fraction of sp³-hybridized carbons (Fsp3) is 0.400. The fourth-order valence-electron chi connectivity index (χ4n) is 4.08. The van der Waals surface area contributed by atoms with E-state index >= 15 is 0 Å². The second-order valence-corrected chi connectivity index (χ2v) is 11.2. The van der Waals surface area contributed by atoms with Crippen LogP contribution < -0.4 is 0 Å². The molecule has 2 aromatic carbocycles. The van der Waals surface area contributed by atoms with E-state index in [2.05, 4.69) is 34.1 Å². The van der Waals surface area contributed by atoms with Gasteiger partial charge in [-0.25, -0.2) is 0 Å². The van der Waals surface area contributed by atoms with E-state index in [0.29, 0.717) is 35.9 Å². The van der Waals surface area contributed by atoms with Crippen LogP contribution in [0.4, 0.5) is 0 Å². The van der Waals surface area contributed by atoms with Crippen LogP contribution in [-0.2, 0) is 6.54 Å². The second-order valence-electron chi connectivity index (χ2n) is 8.50. The molecule has 2 aliphatic rings. The maximum atomic E-state index is 13.0. The zero-order valence-electron chi connectivity index (χ0n) is 18.8. The lowest BCUT2D eigenvalue weighted by Crippen LogP contribution is -2.48. The number of nitrogens with zero attached hydrogens (tertiary/aromatic N) is 4. The molecule has 8 heteroatoms. The van der Waals surface area contributed by atoms with Crippen LogP contribution in [0.1, 0.15) is 38.4 Å². The van der Waals surface area contributed by atoms with Gasteiger partial charge in [-0.15, -0.1) is 23.5 Å². The molecule has 3 heterocycles. The molecule has 0 unspecified atom stereocenters. The third-order valence-electron chi connectivity index (χ3n) is 6.05. The molecule has 2 fully saturated rings. The lowest BCUT2D eigenvalue weighted by Gasteiger charge is -2.34. The fourth-order valence-corrected chi connectivity index (χ4v) is 6.98. The topological polar surface area (TPSA) is 62.5 Å². The highest BCUT2D eigenvalue weighted by Crippen LogP contribution is 2.43. The number of piperazine rings is 1. The number of aromatic nitrogens is 2. The quantitative estimate of drug-likeness (QED) is 0.516. The number of aryl methyl sites for hydroxylation is 1. The first-order valence-corrected chi connectivity index (χ1v) is 13.5. The molecule has 33 heavy (non-hydrogen) atoms. The molecule has 0 saturated carbocycles. The van der Waals surface area contributed by atoms with Gasteiger partial charge >= 0.3 is 0 Å². The first-order valence-electron chi connectivity index (χ1n) is 11.4. The number of carbonyl (C=O) groups is 1. The van der Waals surface area contributed by atoms with Crippen LogP contribution in [0, 0.1) is 6.92 Å². The van der Waals surface area contributed by atoms with E-state index in [1.807, 2.05) is 64.8 Å². The van der Waals surface area contributed by atoms with Crippen LogP contribution in [0.5, 0.6) is 0 Å². The number of hydrogen-bond acceptors (Lipinski definition) is 7. The van der Waals surface area contributed by atoms with Gasteiger partial charge in [0.25, 0.3) is 5.91 Å². The van der Waals surface area contributed by atoms with Crippen molar-refractivity contribution < 1.29 is 9.32 Å². The minimum atomic E-state index is 0.115. The van der Waals surface area contributed by atoms with Crippen molar-refractivity contribution in [2.75, 3.05) is 37.7 Å². The first-order chi connectivity index (χ1) is 16.2. The van der Waals surface area contributed by atoms with E-state index in [9.17, 15) is 4.79 Å². The molecule has 0 bridgehead atoms. The first kappa shape index (κ1) is 22.5. The van der Waals surface area contributed by atoms with Crippen LogP contribution >= 0.6 is 23.5 Å². The van der Waals surface area contributed by atoms with E-state index in [1.54, 1.807) is 0 Å². The van der Waals surface area contributed by atoms with E-state index in [-0.39, 0.29) is 5.91 Å². The van der Waals surface area contributed by atoms with Crippen LogP contribution in [0.2, 0.25) is 0 Å². The van der Waals surface area contributed by atoms with Crippen LogP contribution in [0.3, 0.4) is 0 Å². The van der Waals surface area contributed by atoms with Gasteiger partial charge in [0.05, 0.1) is 11.1 Å². The van der Waals surface area contributed by atoms with Crippen molar-refractivity contribution in [3.63, 3.8) is 0 Å². The summed E-state index contributed by atoms with van der Waals surface area (Å²) in [7, 11) is 0. The third-order valence-corrected chi connectivity index (χ3v) is 9.07. The number of thioether (sulfide) groups is 2. The molecule has 0 spiro atoms. The molecule has 0 radical (unpaired) electrons. The Kier molecular flexibility index (Phi) is 7.04. The Morgan fingerprint density at radius 3 is 2.39 bits per heavy atom. The van der Waals surface area contributed by atoms with Crippen molar-refractivity contribution >= 4 is 29.4 Å². The number of carbonyl (C=O) groups excluding carboxylic acids is 1. The average molecular weight is 481 g/mol. The molecule has 0 aliphatic carbocycles. The summed E-state index contributed by atoms with van der Waals surface area (Å²) < 4.78 is 5.97. The van der Waals surface area contributed by atoms with Crippen molar-refractivity contribution in [1.82, 2.24) is 19.9 Å². The largest absolute Gasteiger partial charge is 0.338 e. The van der Waals surface area contributed by atoms with E-state index in [1.165, 1.54) is 29.1 Å². The van der Waals surface area contributed by atoms with Crippen molar-refractivity contribution in [2.45, 2.75) is 24.5 Å². The van der Waals surface area contributed by atoms with Crippen LogP contribution in [0.15, 0.2) is 53.1 Å². The maximum absolute atomic E-state index is 13.0. The Hall–Kier alpha value is -2.29. The van der Waals surface area contributed by atoms with Gasteiger partial charge in [-0.1, -0.05) is 47.1 Å². The number of amides is 1. The summed E-state index contributed by atoms with van der Waals surface area (Å²) in [5.41, 5.74) is 4.25. The van der Waals surface area contributed by atoms with Crippen molar-refractivity contribution in [3.05, 3.63) is 71.1 Å². The zero-order chi connectivity index (χ0) is 22.6. The van der Waals surface area contributed by atoms with Gasteiger partial charge in [0.2, 0.25) is 11.7 Å². The third kappa shape index (κ3) is 5.45. The van der Waals surface area contributed by atoms with Gasteiger partial charge in [0.1, 0.15) is 0 Å². The summed E-state index contributed by atoms with van der Waals surface area (Å²) in [6, 6.07) is 16.3. The van der Waals surface area contributed by atoms with Gasteiger partial charge in [0.15, 0.2) is 0 Å². The standard InChI is InChI=1S/C25H28N4O2S2/c1-18-3-5-19(6-4-18)23-26-22(31-27-23)17-28-11-13-29(14-12-28)24(30)20-7-9-21(10-8-20)25-32-15-2-16-33-25/h3-10,25H,2,11-17H2,1H3. The van der Waals surface area contributed by atoms with Crippen LogP contribution in [0.25, 0.3) is 11.4 Å². The van der Waals surface area contributed by atoms with E-state index < -0.39 is 0 Å². The predicted molar refractivity (Wildman–Crippen MR) is 134 cm³/mol. The highest BCUT2D eigenvalue weighted by atomic mass is 32.2. The molecule has 2 aliphatic heterocycles. The summed E-state index contributed by atoms with van der Waals surface area (Å²) in [6.45, 7) is 5.65. The molecule has 6 nitrogen and oxygen atoms in total. The molecule has 3 aromatic rings. The van der Waals surface area contributed by atoms with E-state index in [4.69, 9.17) is 4.52 Å². The molecule has 5 rings (SSSR count). The normalized spacial score (nSPS) is 17.9. The van der Waals surface area contributed by atoms with Crippen LogP contribution in [-0.4, -0.2) is 63.5 Å². The Balaban J connectivity index is 1.13. The second kappa shape index (κ2) is 10.3. The Labute approximate surface area is 203 Å². The smallest absolute Gasteiger partial charge is 0.253 e. The molecule has 0 N–H and O–H groups in total. The molecule has 172 valence electrons. The maximum Gasteiger partial charge on any atom is 0.253 e. The summed E-state index contributed by atoms with van der Waals surface area (Å²) in [4.78, 5) is 21.7. The molecule has 1 aromatic heterocycles. The summed E-state index contributed by atoms with van der Waals surface area (Å²) in [5.74, 6) is 3.79. The van der Waals surface area contributed by atoms with Crippen molar-refractivity contribution in [2.24, 2.45) is 0 Å². The monoisotopic (exact) mass is 480 g/mol. The van der Waals surface area contributed by atoms with Crippen molar-refractivity contribution in [1.29, 1.82) is 0 Å². The lowest BCUT2D eigenvalue weighted by molar-refractivity contribution is 0.0615. The predicted octanol–water partition coefficient (Wildman–Crippen LogP) is 4.87. The van der Waals surface area contributed by atoms with Gasteiger partial charge in [0, 0.05) is 37.3 Å². The van der Waals surface area contributed by atoms with Crippen molar-refractivity contribution in [3.8, 4) is 11.4 Å². The molecule has 1 amide bonds. The SMILES string of the molecule is Cc1ccc(-c2noc(CN3CCN(C(=O)c4ccc(C5SCCCS5)cc4)CC3)n2)cc1. The summed E-state index contributed by atoms with van der Waals surface area (Å²) in [5, 5.41) is 4.12. The minimum absolute atomic E-state index is 0.115. The molecular formula is C25H28N4O2S2. The highest BCUT2D eigenvalue weighted by molar-refractivity contribution is 8.16. The van der Waals surface area contributed by atoms with Gasteiger partial charge in [-0.05, 0) is 42.5 Å². The number of rotatable bonds is 5.